The Bertz CT molecular complexity index is 1570. The topological polar surface area (TPSA) is 192 Å². The quantitative estimate of drug-likeness (QED) is 0.178. The number of benzene rings is 3. The normalized spacial score (nSPS) is 12.5. The molecule has 1 aliphatic heterocycles. The van der Waals surface area contributed by atoms with Crippen molar-refractivity contribution in [3.63, 3.8) is 0 Å². The molecule has 0 spiro atoms. The molecule has 0 unspecified atom stereocenters. The Morgan fingerprint density at radius 2 is 1.24 bits per heavy atom. The van der Waals surface area contributed by atoms with Gasteiger partial charge in [-0.25, -0.2) is 23.9 Å². The average molecular weight is 633 g/mol. The van der Waals surface area contributed by atoms with Crippen LogP contribution in [0.1, 0.15) is 22.3 Å². The lowest BCUT2D eigenvalue weighted by Crippen LogP contribution is -2.36. The van der Waals surface area contributed by atoms with E-state index in [0.717, 1.165) is 57.3 Å². The highest BCUT2D eigenvalue weighted by Crippen LogP contribution is 2.27. The van der Waals surface area contributed by atoms with Crippen molar-refractivity contribution >= 4 is 23.9 Å². The predicted octanol–water partition coefficient (Wildman–Crippen LogP) is 3.28. The van der Waals surface area contributed by atoms with E-state index in [-0.39, 0.29) is 0 Å². The number of ether oxygens (including phenoxy) is 1. The summed E-state index contributed by atoms with van der Waals surface area (Å²) in [6.45, 7) is 8.35. The third-order valence-corrected chi connectivity index (χ3v) is 6.82. The Kier molecular flexibility index (Phi) is 13.6. The van der Waals surface area contributed by atoms with Gasteiger partial charge in [-0.1, -0.05) is 66.7 Å². The molecule has 0 atom stereocenters. The zero-order valence-electron chi connectivity index (χ0n) is 25.2. The predicted molar refractivity (Wildman–Crippen MR) is 167 cm³/mol. The first kappa shape index (κ1) is 35.1. The van der Waals surface area contributed by atoms with Crippen molar-refractivity contribution in [2.75, 3.05) is 26.3 Å². The largest absolute Gasteiger partial charge is 0.473 e. The van der Waals surface area contributed by atoms with E-state index in [4.69, 9.17) is 49.4 Å². The Balaban J connectivity index is 0.000000410. The van der Waals surface area contributed by atoms with Gasteiger partial charge in [0.1, 0.15) is 0 Å². The maximum Gasteiger partial charge on any atom is 0.414 e. The summed E-state index contributed by atoms with van der Waals surface area (Å²) < 4.78 is 7.50. The van der Waals surface area contributed by atoms with Crippen LogP contribution in [0.2, 0.25) is 0 Å². The van der Waals surface area contributed by atoms with Gasteiger partial charge in [-0.2, -0.15) is 5.10 Å². The number of nitrogens with zero attached hydrogens (tertiary/aromatic N) is 3. The fourth-order valence-corrected chi connectivity index (χ4v) is 4.53. The van der Waals surface area contributed by atoms with Crippen LogP contribution in [0.4, 0.5) is 0 Å². The van der Waals surface area contributed by atoms with Crippen LogP contribution in [0.25, 0.3) is 16.9 Å². The van der Waals surface area contributed by atoms with Crippen molar-refractivity contribution in [2.24, 2.45) is 0 Å². The van der Waals surface area contributed by atoms with E-state index < -0.39 is 23.9 Å². The molecular weight excluding hydrogens is 596 g/mol. The first-order chi connectivity index (χ1) is 22.1. The van der Waals surface area contributed by atoms with Gasteiger partial charge in [-0.15, -0.1) is 0 Å². The van der Waals surface area contributed by atoms with Crippen molar-refractivity contribution in [3.8, 4) is 16.9 Å². The second kappa shape index (κ2) is 17.8. The summed E-state index contributed by atoms with van der Waals surface area (Å²) >= 11 is 0. The summed E-state index contributed by atoms with van der Waals surface area (Å²) in [7, 11) is 0. The second-order valence-electron chi connectivity index (χ2n) is 10.1. The third kappa shape index (κ3) is 11.0. The van der Waals surface area contributed by atoms with Crippen molar-refractivity contribution in [1.29, 1.82) is 0 Å². The summed E-state index contributed by atoms with van der Waals surface area (Å²) in [6.07, 6.45) is 2.16. The molecule has 46 heavy (non-hydrogen) atoms. The minimum absolute atomic E-state index is 0.752. The van der Waals surface area contributed by atoms with E-state index >= 15 is 0 Å². The average Bonchev–Trinajstić information content (AvgIpc) is 3.47. The maximum absolute atomic E-state index is 9.10. The van der Waals surface area contributed by atoms with Crippen LogP contribution in [0.15, 0.2) is 85.1 Å². The van der Waals surface area contributed by atoms with Gasteiger partial charge in [0.25, 0.3) is 0 Å². The number of hydrogen-bond acceptors (Lipinski definition) is 8. The third-order valence-electron chi connectivity index (χ3n) is 6.82. The number of morpholine rings is 1. The molecule has 242 valence electrons. The molecule has 5 rings (SSSR count). The number of carbonyl (C=O) groups is 4. The van der Waals surface area contributed by atoms with E-state index in [1.54, 1.807) is 0 Å². The van der Waals surface area contributed by atoms with Crippen LogP contribution in [-0.2, 0) is 43.5 Å². The smallest absolute Gasteiger partial charge is 0.414 e. The molecule has 4 aromatic rings. The number of para-hydroxylation sites is 1. The van der Waals surface area contributed by atoms with Gasteiger partial charge in [-0.3, -0.25) is 4.90 Å². The fourth-order valence-electron chi connectivity index (χ4n) is 4.53. The molecule has 13 heteroatoms. The van der Waals surface area contributed by atoms with Crippen molar-refractivity contribution in [1.82, 2.24) is 20.0 Å². The molecule has 0 amide bonds. The molecule has 13 nitrogen and oxygen atoms in total. The minimum Gasteiger partial charge on any atom is -0.473 e. The molecule has 1 saturated heterocycles. The fraction of sp³-hybridized carbons (Fsp3) is 0.242. The lowest BCUT2D eigenvalue weighted by molar-refractivity contribution is -0.159. The SMILES string of the molecule is Cc1ccccc1-c1nn(-c2ccccc2)cc1CNCc1ccccc1CN1CCOCC1.O=C(O)C(=O)O.O=C(O)C(=O)O. The van der Waals surface area contributed by atoms with Crippen molar-refractivity contribution in [2.45, 2.75) is 26.6 Å². The van der Waals surface area contributed by atoms with E-state index in [9.17, 15) is 0 Å². The number of nitrogens with one attached hydrogen (secondary N) is 1. The van der Waals surface area contributed by atoms with E-state index in [1.165, 1.54) is 27.8 Å². The summed E-state index contributed by atoms with van der Waals surface area (Å²) in [6, 6.07) is 27.5. The number of rotatable bonds is 8. The standard InChI is InChI=1S/C29H32N4O.2C2H2O4/c1-23-9-5-8-14-28(23)29-26(22-33(31-29)27-12-3-2-4-13-27)20-30-19-24-10-6-7-11-25(24)21-32-15-17-34-18-16-32;2*3-1(4)2(5)6/h2-14,22,30H,15-21H2,1H3;2*(H,3,4)(H,5,6). The van der Waals surface area contributed by atoms with Crippen LogP contribution >= 0.6 is 0 Å². The lowest BCUT2D eigenvalue weighted by Gasteiger charge is -2.27. The summed E-state index contributed by atoms with van der Waals surface area (Å²) in [5.41, 5.74) is 8.46. The minimum atomic E-state index is -1.82. The highest BCUT2D eigenvalue weighted by atomic mass is 16.5. The first-order valence-electron chi connectivity index (χ1n) is 14.3. The van der Waals surface area contributed by atoms with Gasteiger partial charge in [0.2, 0.25) is 0 Å². The summed E-state index contributed by atoms with van der Waals surface area (Å²) in [5, 5.41) is 38.2. The zero-order valence-corrected chi connectivity index (χ0v) is 25.2. The van der Waals surface area contributed by atoms with Crippen LogP contribution in [0.5, 0.6) is 0 Å². The number of aromatic nitrogens is 2. The van der Waals surface area contributed by atoms with Crippen molar-refractivity contribution in [3.05, 3.63) is 107 Å². The number of carboxylic acid groups (broad SMARTS) is 4. The lowest BCUT2D eigenvalue weighted by atomic mass is 10.0. The molecule has 0 radical (unpaired) electrons. The number of hydrogen-bond donors (Lipinski definition) is 5. The molecule has 1 aliphatic rings. The van der Waals surface area contributed by atoms with Gasteiger partial charge < -0.3 is 30.5 Å². The molecule has 0 saturated carbocycles. The van der Waals surface area contributed by atoms with Gasteiger partial charge in [0, 0.05) is 50.0 Å². The number of aryl methyl sites for hydroxylation is 1. The number of carboxylic acids is 4. The highest BCUT2D eigenvalue weighted by molar-refractivity contribution is 6.27. The first-order valence-corrected chi connectivity index (χ1v) is 14.3. The molecule has 3 aromatic carbocycles. The van der Waals surface area contributed by atoms with Gasteiger partial charge in [0.05, 0.1) is 24.6 Å². The summed E-state index contributed by atoms with van der Waals surface area (Å²) in [4.78, 5) is 38.9. The van der Waals surface area contributed by atoms with Crippen LogP contribution in [0.3, 0.4) is 0 Å². The zero-order chi connectivity index (χ0) is 33.5. The Hall–Kier alpha value is -5.37. The van der Waals surface area contributed by atoms with Gasteiger partial charge in [0.15, 0.2) is 0 Å². The van der Waals surface area contributed by atoms with Crippen LogP contribution < -0.4 is 5.32 Å². The molecule has 5 N–H and O–H groups in total. The Morgan fingerprint density at radius 3 is 1.83 bits per heavy atom. The second-order valence-corrected chi connectivity index (χ2v) is 10.1. The van der Waals surface area contributed by atoms with Crippen LogP contribution in [0, 0.1) is 6.92 Å². The van der Waals surface area contributed by atoms with Crippen LogP contribution in [-0.4, -0.2) is 85.3 Å². The van der Waals surface area contributed by atoms with E-state index in [0.29, 0.717) is 0 Å². The molecular formula is C33H36N4O9. The molecule has 1 aromatic heterocycles. The Morgan fingerprint density at radius 1 is 0.717 bits per heavy atom. The molecule has 1 fully saturated rings. The number of aliphatic carboxylic acids is 4. The van der Waals surface area contributed by atoms with E-state index in [2.05, 4.69) is 84.0 Å². The molecule has 0 bridgehead atoms. The maximum atomic E-state index is 9.10. The monoisotopic (exact) mass is 632 g/mol. The summed E-state index contributed by atoms with van der Waals surface area (Å²) in [5.74, 6) is -7.30. The van der Waals surface area contributed by atoms with Gasteiger partial charge >= 0.3 is 23.9 Å². The molecule has 2 heterocycles. The van der Waals surface area contributed by atoms with E-state index in [1.807, 2.05) is 22.9 Å². The Labute approximate surface area is 265 Å². The van der Waals surface area contributed by atoms with Gasteiger partial charge in [-0.05, 0) is 35.7 Å². The van der Waals surface area contributed by atoms with Crippen molar-refractivity contribution < 1.29 is 44.3 Å². The molecule has 0 aliphatic carbocycles. The highest BCUT2D eigenvalue weighted by Gasteiger charge is 2.15.